The first kappa shape index (κ1) is 39.8. The maximum atomic E-state index is 9.33. The topological polar surface area (TPSA) is 40.5 Å². The molecule has 0 aromatic heterocycles. The zero-order valence-electron chi connectivity index (χ0n) is 33.3. The molecule has 0 fully saturated rings. The van der Waals surface area contributed by atoms with Gasteiger partial charge in [0.25, 0.3) is 0 Å². The van der Waals surface area contributed by atoms with E-state index in [4.69, 9.17) is 0 Å². The zero-order valence-corrected chi connectivity index (χ0v) is 37.2. The van der Waals surface area contributed by atoms with Gasteiger partial charge in [-0.25, -0.2) is 0 Å². The molecule has 2 aliphatic rings. The Balaban J connectivity index is 0.000000228. The van der Waals surface area contributed by atoms with Gasteiger partial charge in [-0.15, -0.1) is 0 Å². The molecule has 0 bridgehead atoms. The van der Waals surface area contributed by atoms with Gasteiger partial charge in [-0.2, -0.15) is 0 Å². The molecule has 0 spiro atoms. The van der Waals surface area contributed by atoms with Crippen LogP contribution < -0.4 is 0 Å². The summed E-state index contributed by atoms with van der Waals surface area (Å²) in [7, 11) is 0. The third kappa shape index (κ3) is 7.93. The molecule has 0 saturated heterocycles. The van der Waals surface area contributed by atoms with Crippen molar-refractivity contribution in [2.75, 3.05) is 0 Å². The van der Waals surface area contributed by atoms with E-state index in [-0.39, 0.29) is 0 Å². The number of fused-ring (bicyclic) bond motifs is 2. The Morgan fingerprint density at radius 1 is 0.540 bits per heavy atom. The first-order valence-electron chi connectivity index (χ1n) is 18.4. The van der Waals surface area contributed by atoms with E-state index in [1.165, 1.54) is 33.4 Å². The van der Waals surface area contributed by atoms with Crippen molar-refractivity contribution in [3.05, 3.63) is 139 Å². The van der Waals surface area contributed by atoms with E-state index in [0.717, 1.165) is 22.3 Å². The molecule has 4 aromatic carbocycles. The second-order valence-corrected chi connectivity index (χ2v) is 47.6. The number of allylic oxidation sites excluding steroid dienone is 2. The predicted octanol–water partition coefficient (Wildman–Crippen LogP) is 12.5. The third-order valence-electron chi connectivity index (χ3n) is 11.0. The minimum absolute atomic E-state index is 0.422. The van der Waals surface area contributed by atoms with E-state index < -0.39 is 17.4 Å². The van der Waals surface area contributed by atoms with Gasteiger partial charge in [0, 0.05) is 0 Å². The third-order valence-corrected chi connectivity index (χ3v) is 29.0. The molecule has 266 valence electrons. The van der Waals surface area contributed by atoms with Crippen LogP contribution in [0.25, 0.3) is 12.2 Å². The van der Waals surface area contributed by atoms with Crippen molar-refractivity contribution in [2.24, 2.45) is 0 Å². The fraction of sp³-hybridized carbons (Fsp3) is 0.391. The summed E-state index contributed by atoms with van der Waals surface area (Å²) in [5.74, 6) is 1.98. The van der Waals surface area contributed by atoms with Gasteiger partial charge in [0.15, 0.2) is 0 Å². The molecule has 4 aromatic rings. The number of rotatable bonds is 4. The van der Waals surface area contributed by atoms with Crippen LogP contribution in [0.3, 0.4) is 0 Å². The average Bonchev–Trinajstić information content (AvgIpc) is 3.55. The molecular weight excluding hydrogens is 704 g/mol. The summed E-state index contributed by atoms with van der Waals surface area (Å²) in [6.07, 6.45) is 5.06. The molecule has 2 atom stereocenters. The minimum atomic E-state index is -3.32. The fourth-order valence-corrected chi connectivity index (χ4v) is 30.4. The minimum Gasteiger partial charge on any atom is -0.507 e. The summed E-state index contributed by atoms with van der Waals surface area (Å²) >= 11 is -3.32. The summed E-state index contributed by atoms with van der Waals surface area (Å²) in [6.45, 7) is 28.3. The van der Waals surface area contributed by atoms with Crippen LogP contribution in [0.4, 0.5) is 0 Å². The molecule has 0 radical (unpaired) electrons. The number of aromatic hydroxyl groups is 2. The molecule has 0 aliphatic heterocycles. The molecule has 2 nitrogen and oxygen atoms in total. The Hall–Kier alpha value is -2.94. The zero-order chi connectivity index (χ0) is 37.5. The second-order valence-electron chi connectivity index (χ2n) is 17.1. The molecule has 50 heavy (non-hydrogen) atoms. The summed E-state index contributed by atoms with van der Waals surface area (Å²) < 4.78 is 6.72. The van der Waals surface area contributed by atoms with E-state index in [0.29, 0.717) is 30.6 Å². The van der Waals surface area contributed by atoms with Crippen LogP contribution in [0.15, 0.2) is 71.8 Å². The van der Waals surface area contributed by atoms with Crippen LogP contribution in [0.1, 0.15) is 127 Å². The van der Waals surface area contributed by atoms with Crippen LogP contribution in [-0.2, 0) is 17.4 Å². The molecule has 6 rings (SSSR count). The Bertz CT molecular complexity index is 1870. The van der Waals surface area contributed by atoms with Gasteiger partial charge in [-0.05, 0) is 63.8 Å². The Morgan fingerprint density at radius 2 is 0.840 bits per heavy atom. The molecular formula is C46H62O2SiZr. The summed E-state index contributed by atoms with van der Waals surface area (Å²) in [5, 5.41) is 18.7. The fourth-order valence-electron chi connectivity index (χ4n) is 9.19. The van der Waals surface area contributed by atoms with Crippen molar-refractivity contribution in [1.29, 1.82) is 0 Å². The molecule has 0 saturated carbocycles. The molecule has 2 aliphatic carbocycles. The van der Waals surface area contributed by atoms with E-state index in [2.05, 4.69) is 106 Å². The van der Waals surface area contributed by atoms with Crippen molar-refractivity contribution in [1.82, 2.24) is 0 Å². The maximum absolute atomic E-state index is 9.33. The predicted molar refractivity (Wildman–Crippen MR) is 219 cm³/mol. The molecule has 2 unspecified atom stereocenters. The standard InChI is InChI=1S/2C13H15.2C9H12O.2CH3.H2Si.Zr/c2*1-9(2)12-6-4-5-11-7-10(3)8-13(11)12;2*1-6-4-7(2)9(10)8(3)5-6;;;;/h2*4-9H,1-3H3;2*4-5,10H,1-3H3;2*1H3;1H2;. The molecule has 0 heterocycles. The van der Waals surface area contributed by atoms with Crippen LogP contribution in [0.2, 0.25) is 9.26 Å². The first-order chi connectivity index (χ1) is 23.1. The number of phenolic OH excluding ortho intramolecular Hbond substituents is 2. The van der Waals surface area contributed by atoms with Gasteiger partial charge >= 0.3 is 187 Å². The quantitative estimate of drug-likeness (QED) is 0.203. The van der Waals surface area contributed by atoms with Crippen LogP contribution in [0, 0.1) is 41.5 Å². The largest absolute Gasteiger partial charge is 0.507 e. The molecule has 4 heteroatoms. The van der Waals surface area contributed by atoms with Crippen molar-refractivity contribution in [3.8, 4) is 11.5 Å². The van der Waals surface area contributed by atoms with Crippen molar-refractivity contribution in [3.63, 3.8) is 0 Å². The molecule has 2 N–H and O–H groups in total. The van der Waals surface area contributed by atoms with Crippen LogP contribution >= 0.6 is 0 Å². The van der Waals surface area contributed by atoms with Gasteiger partial charge < -0.3 is 10.2 Å². The van der Waals surface area contributed by atoms with E-state index in [9.17, 15) is 10.2 Å². The Morgan fingerprint density at radius 3 is 1.12 bits per heavy atom. The normalized spacial score (nSPS) is 16.6. The smallest absolute Gasteiger partial charge is 0.121 e. The summed E-state index contributed by atoms with van der Waals surface area (Å²) in [5.41, 5.74) is 18.8. The van der Waals surface area contributed by atoms with Crippen LogP contribution in [-0.4, -0.2) is 17.1 Å². The number of benzene rings is 4. The van der Waals surface area contributed by atoms with Gasteiger partial charge in [0.1, 0.15) is 11.5 Å². The number of aryl methyl sites for hydroxylation is 6. The van der Waals surface area contributed by atoms with E-state index in [1.807, 2.05) is 65.8 Å². The Kier molecular flexibility index (Phi) is 11.9. The van der Waals surface area contributed by atoms with Gasteiger partial charge in [0.2, 0.25) is 0 Å². The van der Waals surface area contributed by atoms with Crippen molar-refractivity contribution >= 4 is 19.0 Å². The number of phenols is 2. The SMILES string of the molecule is CC1=Cc2c(C(C)C)cccc2[CH]1[Zr]([CH3])([CH3])(=[SiH2])[CH]1C(C)=Cc2c(C(C)C)cccc21.Cc1cc(C)c(O)c(C)c1.Cc1cc(C)c(O)c(C)c1. The number of hydrogen-bond donors (Lipinski definition) is 2. The van der Waals surface area contributed by atoms with Crippen molar-refractivity contribution < 1.29 is 27.6 Å². The van der Waals surface area contributed by atoms with E-state index in [1.54, 1.807) is 22.3 Å². The van der Waals surface area contributed by atoms with Gasteiger partial charge in [0.05, 0.1) is 0 Å². The number of hydrogen-bond acceptors (Lipinski definition) is 2. The van der Waals surface area contributed by atoms with Crippen LogP contribution in [0.5, 0.6) is 11.5 Å². The second kappa shape index (κ2) is 15.0. The molecule has 0 amide bonds. The van der Waals surface area contributed by atoms with Gasteiger partial charge in [-0.1, -0.05) is 35.4 Å². The summed E-state index contributed by atoms with van der Waals surface area (Å²) in [4.78, 5) is 0. The maximum Gasteiger partial charge on any atom is 0.121 e. The average molecular weight is 766 g/mol. The van der Waals surface area contributed by atoms with E-state index >= 15 is 0 Å². The summed E-state index contributed by atoms with van der Waals surface area (Å²) in [6, 6.07) is 22.1. The van der Waals surface area contributed by atoms with Gasteiger partial charge in [-0.3, -0.25) is 0 Å². The monoisotopic (exact) mass is 764 g/mol. The first-order valence-corrected chi connectivity index (χ1v) is 32.0. The van der Waals surface area contributed by atoms with Crippen molar-refractivity contribution in [2.45, 2.75) is 111 Å². The Labute approximate surface area is 306 Å².